The smallest absolute Gasteiger partial charge is 0.410 e. The van der Waals surface area contributed by atoms with Gasteiger partial charge in [0.2, 0.25) is 0 Å². The van der Waals surface area contributed by atoms with Crippen molar-refractivity contribution >= 4 is 38.9 Å². The molecule has 12 heteroatoms. The van der Waals surface area contributed by atoms with Crippen LogP contribution in [0, 0.1) is 5.82 Å². The second-order valence-electron chi connectivity index (χ2n) is 12.5. The first-order chi connectivity index (χ1) is 21.1. The maximum absolute atomic E-state index is 13.6. The fourth-order valence-corrected chi connectivity index (χ4v) is 6.27. The van der Waals surface area contributed by atoms with E-state index in [9.17, 15) is 9.18 Å². The molecule has 1 N–H and O–H groups in total. The molecule has 6 rings (SSSR count). The summed E-state index contributed by atoms with van der Waals surface area (Å²) in [7, 11) is 0. The number of nitrogens with zero attached hydrogens (tertiary/aromatic N) is 7. The Labute approximate surface area is 265 Å². The number of benzene rings is 1. The number of ether oxygens (including phenoxy) is 1. The molecule has 10 nitrogen and oxygen atoms in total. The highest BCUT2D eigenvalue weighted by atomic mass is 79.9. The lowest BCUT2D eigenvalue weighted by Crippen LogP contribution is -2.49. The molecular formula is C32H38BrFN8O2. The van der Waals surface area contributed by atoms with Gasteiger partial charge in [-0.05, 0) is 53.9 Å². The van der Waals surface area contributed by atoms with Gasteiger partial charge in [0.15, 0.2) is 5.65 Å². The van der Waals surface area contributed by atoms with Gasteiger partial charge in [0, 0.05) is 83.4 Å². The first-order valence-corrected chi connectivity index (χ1v) is 15.8. The van der Waals surface area contributed by atoms with Crippen molar-refractivity contribution in [1.29, 1.82) is 0 Å². The Morgan fingerprint density at radius 3 is 2.25 bits per heavy atom. The highest BCUT2D eigenvalue weighted by molar-refractivity contribution is 9.10. The van der Waals surface area contributed by atoms with Crippen molar-refractivity contribution in [1.82, 2.24) is 34.6 Å². The number of anilines is 1. The van der Waals surface area contributed by atoms with E-state index in [4.69, 9.17) is 9.72 Å². The highest BCUT2D eigenvalue weighted by Crippen LogP contribution is 2.34. The molecule has 0 saturated carbocycles. The van der Waals surface area contributed by atoms with E-state index in [1.807, 2.05) is 27.0 Å². The molecule has 2 saturated heterocycles. The summed E-state index contributed by atoms with van der Waals surface area (Å²) in [4.78, 5) is 38.2. The number of nitrogens with one attached hydrogen (secondary N) is 1. The lowest BCUT2D eigenvalue weighted by atomic mass is 10.1. The minimum atomic E-state index is -0.482. The van der Waals surface area contributed by atoms with Crippen molar-refractivity contribution in [3.8, 4) is 11.4 Å². The van der Waals surface area contributed by atoms with Gasteiger partial charge in [-0.1, -0.05) is 24.3 Å². The molecule has 1 aromatic carbocycles. The van der Waals surface area contributed by atoms with E-state index in [2.05, 4.69) is 69.8 Å². The first-order valence-electron chi connectivity index (χ1n) is 15.0. The second-order valence-corrected chi connectivity index (χ2v) is 13.3. The van der Waals surface area contributed by atoms with E-state index in [0.717, 1.165) is 84.1 Å². The molecule has 2 aliphatic rings. The standard InChI is InChI=1S/C32H38BrFN8O2/c1-32(2,3)44-31(43)42-14-10-39(11-15-42)20-22-4-6-24(7-5-22)29-37-27-28(26(33)19-36-30(27)38-29)41-12-8-40(9-13-41)21-23-16-25(34)18-35-17-23/h4-7,16-19H,8-15,20-21H2,1-3H3,(H,36,37,38). The van der Waals surface area contributed by atoms with Crippen LogP contribution in [-0.2, 0) is 17.8 Å². The summed E-state index contributed by atoms with van der Waals surface area (Å²) in [5.74, 6) is 0.477. The molecule has 0 atom stereocenters. The van der Waals surface area contributed by atoms with Gasteiger partial charge >= 0.3 is 6.09 Å². The first kappa shape index (κ1) is 30.4. The summed E-state index contributed by atoms with van der Waals surface area (Å²) in [6.07, 6.45) is 4.55. The Kier molecular flexibility index (Phi) is 8.84. The predicted molar refractivity (Wildman–Crippen MR) is 172 cm³/mol. The largest absolute Gasteiger partial charge is 0.444 e. The molecule has 0 bridgehead atoms. The Bertz CT molecular complexity index is 1610. The predicted octanol–water partition coefficient (Wildman–Crippen LogP) is 5.30. The van der Waals surface area contributed by atoms with Crippen molar-refractivity contribution in [2.75, 3.05) is 57.3 Å². The molecule has 44 heavy (non-hydrogen) atoms. The summed E-state index contributed by atoms with van der Waals surface area (Å²) in [6.45, 7) is 13.5. The topological polar surface area (TPSA) is 93.7 Å². The highest BCUT2D eigenvalue weighted by Gasteiger charge is 2.26. The summed E-state index contributed by atoms with van der Waals surface area (Å²) in [6, 6.07) is 10.0. The van der Waals surface area contributed by atoms with Crippen LogP contribution >= 0.6 is 15.9 Å². The van der Waals surface area contributed by atoms with Gasteiger partial charge in [0.05, 0.1) is 16.4 Å². The van der Waals surface area contributed by atoms with Crippen LogP contribution in [0.15, 0.2) is 53.4 Å². The number of hydrogen-bond donors (Lipinski definition) is 1. The Morgan fingerprint density at radius 2 is 1.59 bits per heavy atom. The number of rotatable bonds is 6. The fourth-order valence-electron chi connectivity index (χ4n) is 5.73. The van der Waals surface area contributed by atoms with Gasteiger partial charge in [-0.15, -0.1) is 0 Å². The number of aromatic nitrogens is 4. The van der Waals surface area contributed by atoms with Gasteiger partial charge in [-0.3, -0.25) is 14.8 Å². The third-order valence-electron chi connectivity index (χ3n) is 7.96. The third-order valence-corrected chi connectivity index (χ3v) is 8.54. The lowest BCUT2D eigenvalue weighted by Gasteiger charge is -2.36. The van der Waals surface area contributed by atoms with Gasteiger partial charge in [-0.2, -0.15) is 0 Å². The molecule has 0 radical (unpaired) electrons. The Morgan fingerprint density at radius 1 is 0.932 bits per heavy atom. The molecule has 0 unspecified atom stereocenters. The van der Waals surface area contributed by atoms with Crippen molar-refractivity contribution in [2.45, 2.75) is 39.5 Å². The van der Waals surface area contributed by atoms with E-state index in [1.165, 1.54) is 11.8 Å². The molecule has 232 valence electrons. The van der Waals surface area contributed by atoms with Crippen LogP contribution in [0.25, 0.3) is 22.6 Å². The van der Waals surface area contributed by atoms with Crippen LogP contribution < -0.4 is 4.90 Å². The molecule has 0 spiro atoms. The van der Waals surface area contributed by atoms with Crippen LogP contribution in [-0.4, -0.2) is 98.7 Å². The number of amides is 1. The normalized spacial score (nSPS) is 16.9. The average molecular weight is 666 g/mol. The molecule has 1 amide bonds. The number of piperazine rings is 2. The van der Waals surface area contributed by atoms with Crippen LogP contribution in [0.4, 0.5) is 14.9 Å². The van der Waals surface area contributed by atoms with Gasteiger partial charge < -0.3 is 19.5 Å². The lowest BCUT2D eigenvalue weighted by molar-refractivity contribution is 0.0139. The number of carbonyl (C=O) groups excluding carboxylic acids is 1. The average Bonchev–Trinajstić information content (AvgIpc) is 3.42. The monoisotopic (exact) mass is 664 g/mol. The number of pyridine rings is 2. The maximum Gasteiger partial charge on any atom is 0.410 e. The SMILES string of the molecule is CC(C)(C)OC(=O)N1CCN(Cc2ccc(-c3nc4c(N5CCN(Cc6cncc(F)c6)CC5)c(Br)cnc4[nH]3)cc2)CC1. The Hall–Kier alpha value is -3.61. The van der Waals surface area contributed by atoms with E-state index in [0.29, 0.717) is 19.6 Å². The zero-order valence-electron chi connectivity index (χ0n) is 25.4. The summed E-state index contributed by atoms with van der Waals surface area (Å²) < 4.78 is 20.0. The number of imidazole rings is 1. The van der Waals surface area contributed by atoms with Gasteiger partial charge in [0.25, 0.3) is 0 Å². The molecular weight excluding hydrogens is 627 g/mol. The zero-order chi connectivity index (χ0) is 30.8. The number of H-pyrrole nitrogens is 1. The van der Waals surface area contributed by atoms with E-state index in [1.54, 1.807) is 17.2 Å². The summed E-state index contributed by atoms with van der Waals surface area (Å²) in [5, 5.41) is 0. The van der Waals surface area contributed by atoms with E-state index < -0.39 is 5.60 Å². The molecule has 2 fully saturated rings. The van der Waals surface area contributed by atoms with Crippen molar-refractivity contribution < 1.29 is 13.9 Å². The summed E-state index contributed by atoms with van der Waals surface area (Å²) in [5.41, 5.74) is 5.23. The van der Waals surface area contributed by atoms with E-state index in [-0.39, 0.29) is 11.9 Å². The second kappa shape index (κ2) is 12.8. The molecule has 3 aromatic heterocycles. The number of halogens is 2. The van der Waals surface area contributed by atoms with Crippen molar-refractivity contribution in [2.24, 2.45) is 0 Å². The summed E-state index contributed by atoms with van der Waals surface area (Å²) >= 11 is 3.72. The molecule has 5 heterocycles. The van der Waals surface area contributed by atoms with Gasteiger partial charge in [-0.25, -0.2) is 19.2 Å². The minimum absolute atomic E-state index is 0.238. The van der Waals surface area contributed by atoms with Crippen LogP contribution in [0.5, 0.6) is 0 Å². The number of carbonyl (C=O) groups is 1. The number of aromatic amines is 1. The molecule has 0 aliphatic carbocycles. The maximum atomic E-state index is 13.6. The molecule has 4 aromatic rings. The quantitative estimate of drug-likeness (QED) is 0.297. The van der Waals surface area contributed by atoms with E-state index >= 15 is 0 Å². The third kappa shape index (κ3) is 7.19. The van der Waals surface area contributed by atoms with Crippen LogP contribution in [0.1, 0.15) is 31.9 Å². The Balaban J connectivity index is 1.08. The van der Waals surface area contributed by atoms with Crippen molar-refractivity contribution in [3.63, 3.8) is 0 Å². The zero-order valence-corrected chi connectivity index (χ0v) is 27.0. The minimum Gasteiger partial charge on any atom is -0.444 e. The number of fused-ring (bicyclic) bond motifs is 1. The van der Waals surface area contributed by atoms with Gasteiger partial charge in [0.1, 0.15) is 22.8 Å². The molecule has 2 aliphatic heterocycles. The fraction of sp³-hybridized carbons (Fsp3) is 0.438. The van der Waals surface area contributed by atoms with Crippen LogP contribution in [0.2, 0.25) is 0 Å². The van der Waals surface area contributed by atoms with Crippen molar-refractivity contribution in [3.05, 3.63) is 70.3 Å². The number of hydrogen-bond acceptors (Lipinski definition) is 8. The van der Waals surface area contributed by atoms with Crippen LogP contribution in [0.3, 0.4) is 0 Å².